The number of benzene rings is 2. The molecule has 0 saturated carbocycles. The van der Waals surface area contributed by atoms with E-state index in [1.54, 1.807) is 36.4 Å². The standard InChI is InChI=1S/C23H16ClF3N6O2/c24-20-10-4-8-18(31-20)22(33-14-28-13-30-33)35-19-9-2-1-7-17(19)21(34)32-29-12-15-5-3-6-16(11-15)23(25,26)27/h1-14,22H,(H,32,34). The summed E-state index contributed by atoms with van der Waals surface area (Å²) in [6.45, 7) is 0. The van der Waals surface area contributed by atoms with Gasteiger partial charge in [0.2, 0.25) is 6.23 Å². The minimum Gasteiger partial charge on any atom is -0.462 e. The maximum Gasteiger partial charge on any atom is 0.416 e. The number of para-hydroxylation sites is 1. The Hall–Kier alpha value is -4.25. The van der Waals surface area contributed by atoms with Gasteiger partial charge in [0.15, 0.2) is 0 Å². The largest absolute Gasteiger partial charge is 0.462 e. The molecule has 4 aromatic rings. The number of hydrazone groups is 1. The van der Waals surface area contributed by atoms with Gasteiger partial charge in [-0.3, -0.25) is 4.79 Å². The van der Waals surface area contributed by atoms with E-state index in [0.717, 1.165) is 18.3 Å². The molecule has 1 unspecified atom stereocenters. The number of halogens is 4. The number of nitrogens with zero attached hydrogens (tertiary/aromatic N) is 5. The van der Waals surface area contributed by atoms with Crippen LogP contribution in [0.1, 0.15) is 33.4 Å². The molecule has 12 heteroatoms. The molecule has 0 bridgehead atoms. The molecule has 0 aliphatic carbocycles. The molecule has 0 spiro atoms. The Kier molecular flexibility index (Phi) is 7.06. The lowest BCUT2D eigenvalue weighted by Crippen LogP contribution is -2.23. The molecule has 0 fully saturated rings. The van der Waals surface area contributed by atoms with E-state index < -0.39 is 23.9 Å². The van der Waals surface area contributed by atoms with Gasteiger partial charge < -0.3 is 4.74 Å². The lowest BCUT2D eigenvalue weighted by molar-refractivity contribution is -0.137. The molecule has 178 valence electrons. The number of amides is 1. The second kappa shape index (κ2) is 10.3. The van der Waals surface area contributed by atoms with Crippen molar-refractivity contribution in [2.24, 2.45) is 5.10 Å². The van der Waals surface area contributed by atoms with Gasteiger partial charge in [-0.2, -0.15) is 23.4 Å². The molecule has 2 aromatic carbocycles. The summed E-state index contributed by atoms with van der Waals surface area (Å²) < 4.78 is 46.1. The third kappa shape index (κ3) is 6.01. The molecule has 0 aliphatic heterocycles. The van der Waals surface area contributed by atoms with Crippen molar-refractivity contribution < 1.29 is 22.7 Å². The average molecular weight is 501 g/mol. The Morgan fingerprint density at radius 2 is 1.91 bits per heavy atom. The van der Waals surface area contributed by atoms with Gasteiger partial charge in [0.25, 0.3) is 5.91 Å². The topological polar surface area (TPSA) is 94.3 Å². The van der Waals surface area contributed by atoms with E-state index in [4.69, 9.17) is 16.3 Å². The number of alkyl halides is 3. The molecule has 1 atom stereocenters. The summed E-state index contributed by atoms with van der Waals surface area (Å²) in [5, 5.41) is 8.11. The smallest absolute Gasteiger partial charge is 0.416 e. The summed E-state index contributed by atoms with van der Waals surface area (Å²) >= 11 is 6.02. The average Bonchev–Trinajstić information content (AvgIpc) is 3.37. The summed E-state index contributed by atoms with van der Waals surface area (Å²) in [6, 6.07) is 15.9. The SMILES string of the molecule is O=C(NN=Cc1cccc(C(F)(F)F)c1)c1ccccc1OC(c1cccc(Cl)n1)n1cncn1. The van der Waals surface area contributed by atoms with E-state index in [0.29, 0.717) is 5.69 Å². The van der Waals surface area contributed by atoms with Gasteiger partial charge in [-0.05, 0) is 42.0 Å². The van der Waals surface area contributed by atoms with Crippen molar-refractivity contribution in [2.75, 3.05) is 0 Å². The third-order valence-electron chi connectivity index (χ3n) is 4.63. The molecule has 35 heavy (non-hydrogen) atoms. The van der Waals surface area contributed by atoms with Crippen LogP contribution in [0.3, 0.4) is 0 Å². The molecular weight excluding hydrogens is 485 g/mol. The maximum absolute atomic E-state index is 12.9. The summed E-state index contributed by atoms with van der Waals surface area (Å²) in [7, 11) is 0. The van der Waals surface area contributed by atoms with E-state index in [-0.39, 0.29) is 22.0 Å². The number of ether oxygens (including phenoxy) is 1. The van der Waals surface area contributed by atoms with Crippen LogP contribution in [0, 0.1) is 0 Å². The summed E-state index contributed by atoms with van der Waals surface area (Å²) in [5.74, 6) is -0.457. The van der Waals surface area contributed by atoms with Gasteiger partial charge in [-0.1, -0.05) is 41.9 Å². The number of nitrogens with one attached hydrogen (secondary N) is 1. The molecule has 1 N–H and O–H groups in total. The second-order valence-corrected chi connectivity index (χ2v) is 7.44. The normalized spacial score (nSPS) is 12.5. The first-order chi connectivity index (χ1) is 16.8. The Morgan fingerprint density at radius 3 is 2.66 bits per heavy atom. The number of rotatable bonds is 7. The zero-order valence-electron chi connectivity index (χ0n) is 17.7. The Bertz CT molecular complexity index is 1350. The highest BCUT2D eigenvalue weighted by Gasteiger charge is 2.30. The van der Waals surface area contributed by atoms with Crippen LogP contribution >= 0.6 is 11.6 Å². The van der Waals surface area contributed by atoms with Crippen molar-refractivity contribution in [3.05, 3.63) is 107 Å². The second-order valence-electron chi connectivity index (χ2n) is 7.05. The molecule has 2 heterocycles. The van der Waals surface area contributed by atoms with Crippen LogP contribution in [0.2, 0.25) is 5.15 Å². The number of pyridine rings is 1. The first-order valence-electron chi connectivity index (χ1n) is 10.0. The fourth-order valence-corrected chi connectivity index (χ4v) is 3.22. The first-order valence-corrected chi connectivity index (χ1v) is 10.4. The van der Waals surface area contributed by atoms with Crippen molar-refractivity contribution in [1.29, 1.82) is 0 Å². The molecule has 8 nitrogen and oxygen atoms in total. The zero-order chi connectivity index (χ0) is 24.8. The zero-order valence-corrected chi connectivity index (χ0v) is 18.5. The van der Waals surface area contributed by atoms with E-state index in [1.807, 2.05) is 0 Å². The van der Waals surface area contributed by atoms with Gasteiger partial charge in [-0.15, -0.1) is 0 Å². The van der Waals surface area contributed by atoms with Crippen molar-refractivity contribution in [3.8, 4) is 5.75 Å². The third-order valence-corrected chi connectivity index (χ3v) is 4.84. The molecular formula is C23H16ClF3N6O2. The molecule has 4 rings (SSSR count). The molecule has 1 amide bonds. The van der Waals surface area contributed by atoms with Crippen molar-refractivity contribution in [1.82, 2.24) is 25.2 Å². The van der Waals surface area contributed by atoms with Crippen molar-refractivity contribution >= 4 is 23.7 Å². The Morgan fingerprint density at radius 1 is 1.11 bits per heavy atom. The summed E-state index contributed by atoms with van der Waals surface area (Å²) in [6.07, 6.45) is -1.51. The van der Waals surface area contributed by atoms with Gasteiger partial charge in [0.05, 0.1) is 17.3 Å². The number of aromatic nitrogens is 4. The molecule has 0 aliphatic rings. The van der Waals surface area contributed by atoms with Crippen LogP contribution in [0.4, 0.5) is 13.2 Å². The summed E-state index contributed by atoms with van der Waals surface area (Å²) in [5.41, 5.74) is 2.19. The van der Waals surface area contributed by atoms with E-state index in [9.17, 15) is 18.0 Å². The first kappa shape index (κ1) is 23.9. The fraction of sp³-hybridized carbons (Fsp3) is 0.0870. The minimum atomic E-state index is -4.48. The van der Waals surface area contributed by atoms with E-state index in [1.165, 1.54) is 35.5 Å². The predicted molar refractivity (Wildman–Crippen MR) is 121 cm³/mol. The van der Waals surface area contributed by atoms with Crippen LogP contribution in [0.25, 0.3) is 0 Å². The van der Waals surface area contributed by atoms with Crippen LogP contribution in [-0.4, -0.2) is 31.9 Å². The monoisotopic (exact) mass is 500 g/mol. The fourth-order valence-electron chi connectivity index (χ4n) is 3.05. The molecule has 2 aromatic heterocycles. The quantitative estimate of drug-likeness (QED) is 0.225. The highest BCUT2D eigenvalue weighted by atomic mass is 35.5. The number of carbonyl (C=O) groups excluding carboxylic acids is 1. The van der Waals surface area contributed by atoms with Crippen LogP contribution in [0.15, 0.2) is 84.5 Å². The lowest BCUT2D eigenvalue weighted by atomic mass is 10.1. The lowest BCUT2D eigenvalue weighted by Gasteiger charge is -2.20. The van der Waals surface area contributed by atoms with Gasteiger partial charge in [0.1, 0.15) is 29.3 Å². The molecule has 0 radical (unpaired) electrons. The van der Waals surface area contributed by atoms with Gasteiger partial charge in [0, 0.05) is 0 Å². The highest BCUT2D eigenvalue weighted by Crippen LogP contribution is 2.29. The number of carbonyl (C=O) groups is 1. The minimum absolute atomic E-state index is 0.126. The molecule has 0 saturated heterocycles. The highest BCUT2D eigenvalue weighted by molar-refractivity contribution is 6.29. The Labute approximate surface area is 202 Å². The Balaban J connectivity index is 1.54. The van der Waals surface area contributed by atoms with Crippen LogP contribution in [-0.2, 0) is 6.18 Å². The van der Waals surface area contributed by atoms with Crippen molar-refractivity contribution in [3.63, 3.8) is 0 Å². The van der Waals surface area contributed by atoms with E-state index in [2.05, 4.69) is 25.6 Å². The summed E-state index contributed by atoms with van der Waals surface area (Å²) in [4.78, 5) is 21.0. The van der Waals surface area contributed by atoms with Crippen LogP contribution < -0.4 is 10.2 Å². The van der Waals surface area contributed by atoms with E-state index >= 15 is 0 Å². The van der Waals surface area contributed by atoms with Crippen LogP contribution in [0.5, 0.6) is 5.75 Å². The number of hydrogen-bond acceptors (Lipinski definition) is 6. The van der Waals surface area contributed by atoms with Crippen molar-refractivity contribution in [2.45, 2.75) is 12.4 Å². The van der Waals surface area contributed by atoms with Gasteiger partial charge in [-0.25, -0.2) is 20.1 Å². The predicted octanol–water partition coefficient (Wildman–Crippen LogP) is 4.74. The maximum atomic E-state index is 12.9. The number of hydrogen-bond donors (Lipinski definition) is 1. The van der Waals surface area contributed by atoms with Gasteiger partial charge >= 0.3 is 6.18 Å².